The van der Waals surface area contributed by atoms with Gasteiger partial charge in [-0.05, 0) is 45.5 Å². The van der Waals surface area contributed by atoms with E-state index >= 15 is 0 Å². The number of nitrogens with zero attached hydrogens (tertiary/aromatic N) is 2. The first-order valence-corrected chi connectivity index (χ1v) is 7.82. The van der Waals surface area contributed by atoms with Gasteiger partial charge in [-0.3, -0.25) is 10.1 Å². The zero-order chi connectivity index (χ0) is 15.7. The molecule has 6 nitrogen and oxygen atoms in total. The lowest BCUT2D eigenvalue weighted by atomic mass is 10.2. The molecule has 21 heavy (non-hydrogen) atoms. The third-order valence-electron chi connectivity index (χ3n) is 2.86. The van der Waals surface area contributed by atoms with Crippen LogP contribution in [-0.4, -0.2) is 37.5 Å². The predicted octanol–water partition coefficient (Wildman–Crippen LogP) is 2.02. The number of rotatable bonds is 10. The van der Waals surface area contributed by atoms with Gasteiger partial charge in [0.15, 0.2) is 5.82 Å². The van der Waals surface area contributed by atoms with Gasteiger partial charge in [0.2, 0.25) is 0 Å². The fourth-order valence-corrected chi connectivity index (χ4v) is 3.08. The molecule has 1 heterocycles. The van der Waals surface area contributed by atoms with Crippen molar-refractivity contribution < 1.29 is 4.92 Å². The summed E-state index contributed by atoms with van der Waals surface area (Å²) in [6.45, 7) is 1.72. The van der Waals surface area contributed by atoms with Gasteiger partial charge in [-0.1, -0.05) is 0 Å². The average molecular weight is 312 g/mol. The van der Waals surface area contributed by atoms with E-state index in [0.717, 1.165) is 38.6 Å². The minimum absolute atomic E-state index is 0.449. The Morgan fingerprint density at radius 3 is 2.71 bits per heavy atom. The minimum atomic E-state index is -0.462. The second-order valence-electron chi connectivity index (χ2n) is 5.07. The number of hydrogen-bond donors (Lipinski definition) is 2. The van der Waals surface area contributed by atoms with Crippen LogP contribution in [0.2, 0.25) is 0 Å². The highest BCUT2D eigenvalue weighted by Crippen LogP contribution is 2.19. The van der Waals surface area contributed by atoms with Crippen molar-refractivity contribution in [3.63, 3.8) is 0 Å². The molecule has 0 bridgehead atoms. The Kier molecular flexibility index (Phi) is 7.78. The van der Waals surface area contributed by atoms with Crippen molar-refractivity contribution >= 4 is 11.3 Å². The Morgan fingerprint density at radius 2 is 2.10 bits per heavy atom. The van der Waals surface area contributed by atoms with E-state index < -0.39 is 4.92 Å². The van der Waals surface area contributed by atoms with Crippen LogP contribution in [0, 0.1) is 10.1 Å². The van der Waals surface area contributed by atoms with Gasteiger partial charge in [0.1, 0.15) is 0 Å². The van der Waals surface area contributed by atoms with Crippen molar-refractivity contribution in [1.29, 1.82) is 0 Å². The number of aryl methyl sites for hydroxylation is 1. The van der Waals surface area contributed by atoms with Gasteiger partial charge in [0.05, 0.1) is 4.92 Å². The molecule has 1 rings (SSSR count). The van der Waals surface area contributed by atoms with E-state index in [9.17, 15) is 10.1 Å². The van der Waals surface area contributed by atoms with Crippen molar-refractivity contribution in [2.24, 2.45) is 0 Å². The van der Waals surface area contributed by atoms with E-state index in [2.05, 4.69) is 41.8 Å². The summed E-state index contributed by atoms with van der Waals surface area (Å²) in [6, 6.07) is 4.39. The molecule has 0 fully saturated rings. The second kappa shape index (κ2) is 9.36. The van der Waals surface area contributed by atoms with Gasteiger partial charge in [-0.2, -0.15) is 0 Å². The first kappa shape index (κ1) is 17.5. The molecular formula is C14H24N4O2S. The summed E-state index contributed by atoms with van der Waals surface area (Å²) >= 11 is 1.86. The van der Waals surface area contributed by atoms with Crippen LogP contribution in [0.5, 0.6) is 0 Å². The molecule has 2 N–H and O–H groups in total. The van der Waals surface area contributed by atoms with E-state index in [4.69, 9.17) is 0 Å². The molecule has 0 saturated heterocycles. The number of thiophene rings is 1. The van der Waals surface area contributed by atoms with Gasteiger partial charge >= 0.3 is 0 Å². The molecular weight excluding hydrogens is 288 g/mol. The standard InChI is InChI=1S/C14H24N4O2S/c1-15-14(11-18(19)20)16-9-5-4-6-12-7-8-13(21-12)10-17(2)3/h7-8,11,15-16H,4-6,9-10H2,1-3H3/b14-11+. The normalized spacial score (nSPS) is 11.7. The third kappa shape index (κ3) is 7.67. The summed E-state index contributed by atoms with van der Waals surface area (Å²) < 4.78 is 0. The van der Waals surface area contributed by atoms with Crippen LogP contribution in [0.4, 0.5) is 0 Å². The molecule has 1 aromatic rings. The molecule has 0 spiro atoms. The Labute approximate surface area is 130 Å². The molecule has 118 valence electrons. The maximum absolute atomic E-state index is 10.4. The van der Waals surface area contributed by atoms with Crippen molar-refractivity contribution in [2.45, 2.75) is 25.8 Å². The molecule has 0 saturated carbocycles. The maximum atomic E-state index is 10.4. The molecule has 0 unspecified atom stereocenters. The molecule has 0 aliphatic heterocycles. The smallest absolute Gasteiger partial charge is 0.274 e. The topological polar surface area (TPSA) is 70.4 Å². The Morgan fingerprint density at radius 1 is 1.38 bits per heavy atom. The first-order valence-electron chi connectivity index (χ1n) is 7.00. The summed E-state index contributed by atoms with van der Waals surface area (Å²) in [5.74, 6) is 0.449. The van der Waals surface area contributed by atoms with Crippen LogP contribution in [0.3, 0.4) is 0 Å². The highest BCUT2D eigenvalue weighted by Gasteiger charge is 2.02. The Hall–Kier alpha value is -1.60. The average Bonchev–Trinajstić information content (AvgIpc) is 2.83. The zero-order valence-electron chi connectivity index (χ0n) is 12.9. The molecule has 0 aromatic carbocycles. The Balaban J connectivity index is 2.22. The zero-order valence-corrected chi connectivity index (χ0v) is 13.7. The third-order valence-corrected chi connectivity index (χ3v) is 3.99. The lowest BCUT2D eigenvalue weighted by Crippen LogP contribution is -2.25. The van der Waals surface area contributed by atoms with Crippen LogP contribution in [0.25, 0.3) is 0 Å². The molecule has 0 atom stereocenters. The van der Waals surface area contributed by atoms with Crippen molar-refractivity contribution in [3.8, 4) is 0 Å². The van der Waals surface area contributed by atoms with Crippen LogP contribution in [-0.2, 0) is 13.0 Å². The van der Waals surface area contributed by atoms with E-state index in [0.29, 0.717) is 5.82 Å². The summed E-state index contributed by atoms with van der Waals surface area (Å²) in [7, 11) is 5.81. The summed E-state index contributed by atoms with van der Waals surface area (Å²) in [5.41, 5.74) is 0. The molecule has 7 heteroatoms. The van der Waals surface area contributed by atoms with Gasteiger partial charge in [-0.25, -0.2) is 0 Å². The lowest BCUT2D eigenvalue weighted by Gasteiger charge is -2.07. The van der Waals surface area contributed by atoms with Crippen molar-refractivity contribution in [3.05, 3.63) is 44.0 Å². The SMILES string of the molecule is CN/C(=C\[N+](=O)[O-])NCCCCc1ccc(CN(C)C)s1. The molecule has 0 aliphatic rings. The largest absolute Gasteiger partial charge is 0.370 e. The van der Waals surface area contributed by atoms with Gasteiger partial charge < -0.3 is 15.5 Å². The van der Waals surface area contributed by atoms with E-state index in [1.54, 1.807) is 7.05 Å². The number of nitrogens with one attached hydrogen (secondary N) is 2. The second-order valence-corrected chi connectivity index (χ2v) is 6.32. The van der Waals surface area contributed by atoms with Crippen LogP contribution in [0.15, 0.2) is 24.2 Å². The fraction of sp³-hybridized carbons (Fsp3) is 0.571. The summed E-state index contributed by atoms with van der Waals surface area (Å²) in [4.78, 5) is 14.9. The van der Waals surface area contributed by atoms with Gasteiger partial charge in [-0.15, -0.1) is 11.3 Å². The molecule has 1 aromatic heterocycles. The fourth-order valence-electron chi connectivity index (χ4n) is 1.90. The number of unbranched alkanes of at least 4 members (excludes halogenated alkanes) is 1. The van der Waals surface area contributed by atoms with Crippen molar-refractivity contribution in [1.82, 2.24) is 15.5 Å². The van der Waals surface area contributed by atoms with Crippen LogP contribution < -0.4 is 10.6 Å². The highest BCUT2D eigenvalue weighted by molar-refractivity contribution is 7.11. The summed E-state index contributed by atoms with van der Waals surface area (Å²) in [6.07, 6.45) is 4.07. The quantitative estimate of drug-likeness (QED) is 0.393. The minimum Gasteiger partial charge on any atom is -0.370 e. The number of nitro groups is 1. The lowest BCUT2D eigenvalue weighted by molar-refractivity contribution is -0.404. The highest BCUT2D eigenvalue weighted by atomic mass is 32.1. The van der Waals surface area contributed by atoms with E-state index in [1.165, 1.54) is 9.75 Å². The van der Waals surface area contributed by atoms with E-state index in [-0.39, 0.29) is 0 Å². The van der Waals surface area contributed by atoms with Gasteiger partial charge in [0.25, 0.3) is 6.20 Å². The molecule has 0 radical (unpaired) electrons. The van der Waals surface area contributed by atoms with E-state index in [1.807, 2.05) is 11.3 Å². The van der Waals surface area contributed by atoms with Crippen LogP contribution in [0.1, 0.15) is 22.6 Å². The van der Waals surface area contributed by atoms with Gasteiger partial charge in [0, 0.05) is 29.9 Å². The first-order chi connectivity index (χ1) is 10.0. The summed E-state index contributed by atoms with van der Waals surface area (Å²) in [5, 5.41) is 16.2. The predicted molar refractivity (Wildman–Crippen MR) is 86.8 cm³/mol. The van der Waals surface area contributed by atoms with Crippen molar-refractivity contribution in [2.75, 3.05) is 27.7 Å². The molecule has 0 amide bonds. The maximum Gasteiger partial charge on any atom is 0.274 e. The Bertz CT molecular complexity index is 471. The molecule has 0 aliphatic carbocycles. The monoisotopic (exact) mass is 312 g/mol. The van der Waals surface area contributed by atoms with Crippen LogP contribution >= 0.6 is 11.3 Å². The number of hydrogen-bond acceptors (Lipinski definition) is 6.